The standard InChI is InChI=1S/C14H11FN2O3/c15-11-5-4-9(14(19)20)7-12(11)17-13(18)8-2-1-3-10(16)6-8/h1-7H,16H2,(H,17,18)(H,19,20). The predicted molar refractivity (Wildman–Crippen MR) is 72.2 cm³/mol. The SMILES string of the molecule is Nc1cccc(C(=O)Nc2cc(C(=O)O)ccc2F)c1. The third kappa shape index (κ3) is 2.92. The lowest BCUT2D eigenvalue weighted by Crippen LogP contribution is -2.14. The summed E-state index contributed by atoms with van der Waals surface area (Å²) in [5, 5.41) is 11.2. The molecule has 0 bridgehead atoms. The van der Waals surface area contributed by atoms with Gasteiger partial charge in [0.05, 0.1) is 11.3 Å². The number of rotatable bonds is 3. The van der Waals surface area contributed by atoms with Gasteiger partial charge in [-0.2, -0.15) is 0 Å². The highest BCUT2D eigenvalue weighted by Crippen LogP contribution is 2.18. The van der Waals surface area contributed by atoms with E-state index in [-0.39, 0.29) is 16.8 Å². The zero-order valence-electron chi connectivity index (χ0n) is 10.3. The Labute approximate surface area is 113 Å². The van der Waals surface area contributed by atoms with E-state index in [1.807, 2.05) is 0 Å². The molecular weight excluding hydrogens is 263 g/mol. The second kappa shape index (κ2) is 5.40. The third-order valence-corrected chi connectivity index (χ3v) is 2.61. The maximum absolute atomic E-state index is 13.6. The van der Waals surface area contributed by atoms with Crippen LogP contribution in [0.15, 0.2) is 42.5 Å². The summed E-state index contributed by atoms with van der Waals surface area (Å²) in [4.78, 5) is 22.7. The highest BCUT2D eigenvalue weighted by molar-refractivity contribution is 6.05. The van der Waals surface area contributed by atoms with Gasteiger partial charge in [-0.05, 0) is 36.4 Å². The van der Waals surface area contributed by atoms with Crippen LogP contribution >= 0.6 is 0 Å². The number of nitrogen functional groups attached to an aromatic ring is 1. The second-order valence-electron chi connectivity index (χ2n) is 4.08. The lowest BCUT2D eigenvalue weighted by molar-refractivity contribution is 0.0696. The van der Waals surface area contributed by atoms with Crippen molar-refractivity contribution in [3.05, 3.63) is 59.4 Å². The minimum atomic E-state index is -1.20. The Morgan fingerprint density at radius 3 is 2.50 bits per heavy atom. The molecule has 0 aliphatic heterocycles. The molecule has 0 heterocycles. The minimum absolute atomic E-state index is 0.116. The molecule has 0 aliphatic rings. The molecule has 2 rings (SSSR count). The fourth-order valence-electron chi connectivity index (χ4n) is 1.63. The molecule has 0 aromatic heterocycles. The van der Waals surface area contributed by atoms with Gasteiger partial charge in [-0.25, -0.2) is 9.18 Å². The molecule has 0 radical (unpaired) electrons. The number of carboxylic acid groups (broad SMARTS) is 1. The smallest absolute Gasteiger partial charge is 0.335 e. The number of anilines is 2. The number of hydrogen-bond donors (Lipinski definition) is 3. The number of carbonyl (C=O) groups is 2. The average Bonchev–Trinajstić information content (AvgIpc) is 2.41. The Bertz CT molecular complexity index is 686. The van der Waals surface area contributed by atoms with Gasteiger partial charge in [0.1, 0.15) is 5.82 Å². The topological polar surface area (TPSA) is 92.4 Å². The van der Waals surface area contributed by atoms with E-state index in [0.717, 1.165) is 18.2 Å². The van der Waals surface area contributed by atoms with Crippen LogP contribution in [0.5, 0.6) is 0 Å². The van der Waals surface area contributed by atoms with Gasteiger partial charge in [0.25, 0.3) is 5.91 Å². The van der Waals surface area contributed by atoms with Gasteiger partial charge < -0.3 is 16.2 Å². The first-order valence-corrected chi connectivity index (χ1v) is 5.67. The largest absolute Gasteiger partial charge is 0.478 e. The van der Waals surface area contributed by atoms with Crippen LogP contribution in [0.2, 0.25) is 0 Å². The molecule has 20 heavy (non-hydrogen) atoms. The van der Waals surface area contributed by atoms with E-state index in [1.165, 1.54) is 12.1 Å². The third-order valence-electron chi connectivity index (χ3n) is 2.61. The van der Waals surface area contributed by atoms with Crippen LogP contribution in [0.4, 0.5) is 15.8 Å². The molecule has 2 aromatic rings. The van der Waals surface area contributed by atoms with Crippen LogP contribution in [0, 0.1) is 5.82 Å². The Kier molecular flexibility index (Phi) is 3.65. The lowest BCUT2D eigenvalue weighted by atomic mass is 10.1. The number of nitrogens with two attached hydrogens (primary N) is 1. The zero-order chi connectivity index (χ0) is 14.7. The first kappa shape index (κ1) is 13.5. The predicted octanol–water partition coefficient (Wildman–Crippen LogP) is 2.36. The molecule has 4 N–H and O–H groups in total. The lowest BCUT2D eigenvalue weighted by Gasteiger charge is -2.08. The fourth-order valence-corrected chi connectivity index (χ4v) is 1.63. The molecule has 0 unspecified atom stereocenters. The summed E-state index contributed by atoms with van der Waals surface area (Å²) < 4.78 is 13.6. The van der Waals surface area contributed by atoms with Crippen molar-refractivity contribution < 1.29 is 19.1 Å². The van der Waals surface area contributed by atoms with Crippen molar-refractivity contribution in [2.24, 2.45) is 0 Å². The van der Waals surface area contributed by atoms with E-state index < -0.39 is 17.7 Å². The fraction of sp³-hybridized carbons (Fsp3) is 0. The average molecular weight is 274 g/mol. The molecule has 0 aliphatic carbocycles. The highest BCUT2D eigenvalue weighted by Gasteiger charge is 2.12. The number of aromatic carboxylic acids is 1. The van der Waals surface area contributed by atoms with Crippen molar-refractivity contribution >= 4 is 23.3 Å². The van der Waals surface area contributed by atoms with E-state index >= 15 is 0 Å². The normalized spacial score (nSPS) is 10.1. The van der Waals surface area contributed by atoms with E-state index in [9.17, 15) is 14.0 Å². The summed E-state index contributed by atoms with van der Waals surface area (Å²) in [6.45, 7) is 0. The maximum Gasteiger partial charge on any atom is 0.335 e. The summed E-state index contributed by atoms with van der Waals surface area (Å²) in [6, 6.07) is 9.32. The van der Waals surface area contributed by atoms with Gasteiger partial charge in [0.2, 0.25) is 0 Å². The molecule has 0 saturated carbocycles. The molecule has 5 nitrogen and oxygen atoms in total. The van der Waals surface area contributed by atoms with Crippen LogP contribution < -0.4 is 11.1 Å². The maximum atomic E-state index is 13.6. The molecule has 1 amide bonds. The van der Waals surface area contributed by atoms with Gasteiger partial charge in [0.15, 0.2) is 0 Å². The minimum Gasteiger partial charge on any atom is -0.478 e. The Morgan fingerprint density at radius 1 is 1.10 bits per heavy atom. The monoisotopic (exact) mass is 274 g/mol. The summed E-state index contributed by atoms with van der Waals surface area (Å²) in [7, 11) is 0. The Hall–Kier alpha value is -2.89. The number of carboxylic acids is 1. The van der Waals surface area contributed by atoms with E-state index in [4.69, 9.17) is 10.8 Å². The van der Waals surface area contributed by atoms with Crippen LogP contribution in [-0.2, 0) is 0 Å². The van der Waals surface area contributed by atoms with Crippen molar-refractivity contribution in [3.8, 4) is 0 Å². The summed E-state index contributed by atoms with van der Waals surface area (Å²) in [6.07, 6.45) is 0. The number of carbonyl (C=O) groups excluding carboxylic acids is 1. The number of benzene rings is 2. The van der Waals surface area contributed by atoms with Crippen molar-refractivity contribution in [3.63, 3.8) is 0 Å². The molecule has 6 heteroatoms. The number of halogens is 1. The molecule has 0 spiro atoms. The summed E-state index contributed by atoms with van der Waals surface area (Å²) in [5.74, 6) is -2.49. The zero-order valence-corrected chi connectivity index (χ0v) is 10.3. The van der Waals surface area contributed by atoms with E-state index in [1.54, 1.807) is 12.1 Å². The van der Waals surface area contributed by atoms with Crippen molar-refractivity contribution in [2.75, 3.05) is 11.1 Å². The number of amides is 1. The van der Waals surface area contributed by atoms with Gasteiger partial charge in [0, 0.05) is 11.3 Å². The second-order valence-corrected chi connectivity index (χ2v) is 4.08. The first-order chi connectivity index (χ1) is 9.47. The number of hydrogen-bond acceptors (Lipinski definition) is 3. The molecular formula is C14H11FN2O3. The Morgan fingerprint density at radius 2 is 1.85 bits per heavy atom. The molecule has 0 atom stereocenters. The van der Waals surface area contributed by atoms with Crippen LogP contribution in [0.25, 0.3) is 0 Å². The van der Waals surface area contributed by atoms with Crippen LogP contribution in [0.1, 0.15) is 20.7 Å². The van der Waals surface area contributed by atoms with Crippen LogP contribution in [-0.4, -0.2) is 17.0 Å². The van der Waals surface area contributed by atoms with Gasteiger partial charge in [-0.1, -0.05) is 6.07 Å². The number of nitrogens with one attached hydrogen (secondary N) is 1. The van der Waals surface area contributed by atoms with Crippen molar-refractivity contribution in [1.29, 1.82) is 0 Å². The highest BCUT2D eigenvalue weighted by atomic mass is 19.1. The van der Waals surface area contributed by atoms with Gasteiger partial charge >= 0.3 is 5.97 Å². The van der Waals surface area contributed by atoms with Crippen molar-refractivity contribution in [2.45, 2.75) is 0 Å². The first-order valence-electron chi connectivity index (χ1n) is 5.67. The molecule has 2 aromatic carbocycles. The summed E-state index contributed by atoms with van der Waals surface area (Å²) >= 11 is 0. The van der Waals surface area contributed by atoms with E-state index in [0.29, 0.717) is 5.69 Å². The molecule has 0 saturated heterocycles. The molecule has 102 valence electrons. The van der Waals surface area contributed by atoms with Gasteiger partial charge in [-0.3, -0.25) is 4.79 Å². The van der Waals surface area contributed by atoms with Crippen molar-refractivity contribution in [1.82, 2.24) is 0 Å². The Balaban J connectivity index is 2.27. The van der Waals surface area contributed by atoms with Gasteiger partial charge in [-0.15, -0.1) is 0 Å². The quantitative estimate of drug-likeness (QED) is 0.749. The molecule has 0 fully saturated rings. The van der Waals surface area contributed by atoms with E-state index in [2.05, 4.69) is 5.32 Å². The summed E-state index contributed by atoms with van der Waals surface area (Å²) in [5.41, 5.74) is 5.89. The van der Waals surface area contributed by atoms with Crippen LogP contribution in [0.3, 0.4) is 0 Å².